The minimum Gasteiger partial charge on any atom is -0.313 e. The van der Waals surface area contributed by atoms with Gasteiger partial charge >= 0.3 is 0 Å². The van der Waals surface area contributed by atoms with Crippen LogP contribution < -0.4 is 5.32 Å². The maximum absolute atomic E-state index is 14.3. The number of hydrogen-bond donors (Lipinski definition) is 1. The highest BCUT2D eigenvalue weighted by atomic mass is 19.1. The Morgan fingerprint density at radius 2 is 2.17 bits per heavy atom. The monoisotopic (exact) mass is 248 g/mol. The Balaban J connectivity index is 2.28. The summed E-state index contributed by atoms with van der Waals surface area (Å²) < 4.78 is 15.9. The number of aromatic nitrogens is 3. The van der Waals surface area contributed by atoms with E-state index in [-0.39, 0.29) is 5.82 Å². The van der Waals surface area contributed by atoms with Crippen molar-refractivity contribution in [2.45, 2.75) is 26.8 Å². The predicted octanol–water partition coefficient (Wildman–Crippen LogP) is 2.21. The van der Waals surface area contributed by atoms with E-state index in [1.165, 1.54) is 0 Å². The van der Waals surface area contributed by atoms with Gasteiger partial charge in [0.25, 0.3) is 0 Å². The van der Waals surface area contributed by atoms with Gasteiger partial charge in [0.2, 0.25) is 0 Å². The average Bonchev–Trinajstić information content (AvgIpc) is 2.78. The van der Waals surface area contributed by atoms with Gasteiger partial charge in [0.05, 0.1) is 0 Å². The van der Waals surface area contributed by atoms with E-state index in [0.717, 1.165) is 18.8 Å². The number of hydrogen-bond acceptors (Lipinski definition) is 3. The van der Waals surface area contributed by atoms with Crippen LogP contribution in [-0.2, 0) is 6.54 Å². The van der Waals surface area contributed by atoms with Crippen LogP contribution in [0.25, 0.3) is 5.82 Å². The van der Waals surface area contributed by atoms with Crippen LogP contribution in [0.1, 0.15) is 24.7 Å². The van der Waals surface area contributed by atoms with Gasteiger partial charge in [-0.2, -0.15) is 0 Å². The third kappa shape index (κ3) is 2.56. The van der Waals surface area contributed by atoms with Crippen molar-refractivity contribution in [3.05, 3.63) is 41.9 Å². The van der Waals surface area contributed by atoms with Crippen LogP contribution >= 0.6 is 0 Å². The van der Waals surface area contributed by atoms with Gasteiger partial charge in [-0.3, -0.25) is 4.57 Å². The number of aryl methyl sites for hydroxylation is 1. The molecule has 0 aliphatic rings. The summed E-state index contributed by atoms with van der Waals surface area (Å²) in [6.07, 6.45) is 6.00. The van der Waals surface area contributed by atoms with E-state index in [9.17, 15) is 4.39 Å². The van der Waals surface area contributed by atoms with Gasteiger partial charge in [-0.05, 0) is 26.0 Å². The van der Waals surface area contributed by atoms with E-state index in [1.54, 1.807) is 29.2 Å². The van der Waals surface area contributed by atoms with Crippen molar-refractivity contribution in [2.24, 2.45) is 0 Å². The lowest BCUT2D eigenvalue weighted by molar-refractivity contribution is 0.571. The van der Waals surface area contributed by atoms with Crippen molar-refractivity contribution in [3.63, 3.8) is 0 Å². The first-order valence-corrected chi connectivity index (χ1v) is 6.08. The van der Waals surface area contributed by atoms with Gasteiger partial charge in [-0.1, -0.05) is 6.92 Å². The lowest BCUT2D eigenvalue weighted by Gasteiger charge is -2.09. The lowest BCUT2D eigenvalue weighted by atomic mass is 10.2. The molecule has 0 aliphatic heterocycles. The van der Waals surface area contributed by atoms with Crippen molar-refractivity contribution < 1.29 is 4.39 Å². The molecule has 2 aromatic heterocycles. The summed E-state index contributed by atoms with van der Waals surface area (Å²) in [6.45, 7) is 5.30. The molecule has 0 radical (unpaired) electrons. The van der Waals surface area contributed by atoms with Crippen molar-refractivity contribution in [1.29, 1.82) is 0 Å². The van der Waals surface area contributed by atoms with Crippen LogP contribution in [0, 0.1) is 12.7 Å². The fourth-order valence-corrected chi connectivity index (χ4v) is 1.78. The van der Waals surface area contributed by atoms with Crippen molar-refractivity contribution >= 4 is 0 Å². The second-order valence-corrected chi connectivity index (χ2v) is 4.13. The van der Waals surface area contributed by atoms with Crippen molar-refractivity contribution in [2.75, 3.05) is 6.54 Å². The Morgan fingerprint density at radius 3 is 2.83 bits per heavy atom. The van der Waals surface area contributed by atoms with Crippen LogP contribution in [0.15, 0.2) is 24.7 Å². The van der Waals surface area contributed by atoms with Crippen LogP contribution in [0.2, 0.25) is 0 Å². The molecule has 0 amide bonds. The van der Waals surface area contributed by atoms with Gasteiger partial charge in [-0.25, -0.2) is 14.4 Å². The zero-order chi connectivity index (χ0) is 13.0. The molecule has 0 unspecified atom stereocenters. The molecule has 0 atom stereocenters. The molecular weight excluding hydrogens is 231 g/mol. The second kappa shape index (κ2) is 5.73. The molecule has 0 fully saturated rings. The zero-order valence-electron chi connectivity index (χ0n) is 10.7. The minimum atomic E-state index is -0.290. The molecule has 96 valence electrons. The highest BCUT2D eigenvalue weighted by molar-refractivity contribution is 5.31. The van der Waals surface area contributed by atoms with Gasteiger partial charge in [-0.15, -0.1) is 0 Å². The molecule has 5 heteroatoms. The van der Waals surface area contributed by atoms with Crippen LogP contribution in [-0.4, -0.2) is 21.1 Å². The summed E-state index contributed by atoms with van der Waals surface area (Å²) in [4.78, 5) is 8.17. The minimum absolute atomic E-state index is 0.290. The first-order valence-electron chi connectivity index (χ1n) is 6.08. The van der Waals surface area contributed by atoms with Gasteiger partial charge in [0, 0.05) is 30.7 Å². The van der Waals surface area contributed by atoms with Crippen molar-refractivity contribution in [1.82, 2.24) is 19.9 Å². The zero-order valence-corrected chi connectivity index (χ0v) is 10.7. The number of pyridine rings is 1. The molecule has 1 N–H and O–H groups in total. The SMILES string of the molecule is CCCNCc1ccnc(-n2ccnc2C)c1F. The van der Waals surface area contributed by atoms with Gasteiger partial charge < -0.3 is 5.32 Å². The van der Waals surface area contributed by atoms with Crippen LogP contribution in [0.3, 0.4) is 0 Å². The summed E-state index contributed by atoms with van der Waals surface area (Å²) in [5.41, 5.74) is 0.626. The molecule has 2 aromatic rings. The first-order chi connectivity index (χ1) is 8.74. The first kappa shape index (κ1) is 12.7. The third-order valence-corrected chi connectivity index (χ3v) is 2.75. The number of halogens is 1. The molecule has 0 saturated heterocycles. The number of nitrogens with zero attached hydrogens (tertiary/aromatic N) is 3. The van der Waals surface area contributed by atoms with E-state index >= 15 is 0 Å². The maximum atomic E-state index is 14.3. The topological polar surface area (TPSA) is 42.7 Å². The number of nitrogens with one attached hydrogen (secondary N) is 1. The number of imidazole rings is 1. The molecule has 0 saturated carbocycles. The number of rotatable bonds is 5. The largest absolute Gasteiger partial charge is 0.313 e. The molecule has 0 aliphatic carbocycles. The van der Waals surface area contributed by atoms with Crippen molar-refractivity contribution in [3.8, 4) is 5.82 Å². The Morgan fingerprint density at radius 1 is 1.33 bits per heavy atom. The Bertz CT molecular complexity index is 521. The highest BCUT2D eigenvalue weighted by Crippen LogP contribution is 2.15. The molecule has 2 heterocycles. The Hall–Kier alpha value is -1.75. The smallest absolute Gasteiger partial charge is 0.174 e. The third-order valence-electron chi connectivity index (χ3n) is 2.75. The van der Waals surface area contributed by atoms with E-state index < -0.39 is 0 Å². The average molecular weight is 248 g/mol. The van der Waals surface area contributed by atoms with Crippen LogP contribution in [0.5, 0.6) is 0 Å². The summed E-state index contributed by atoms with van der Waals surface area (Å²) in [5.74, 6) is 0.739. The van der Waals surface area contributed by atoms with E-state index in [1.807, 2.05) is 6.92 Å². The highest BCUT2D eigenvalue weighted by Gasteiger charge is 2.12. The van der Waals surface area contributed by atoms with Gasteiger partial charge in [0.15, 0.2) is 11.6 Å². The van der Waals surface area contributed by atoms with E-state index in [4.69, 9.17) is 0 Å². The fraction of sp³-hybridized carbons (Fsp3) is 0.385. The summed E-state index contributed by atoms with van der Waals surface area (Å²) in [7, 11) is 0. The summed E-state index contributed by atoms with van der Waals surface area (Å²) in [6, 6.07) is 1.70. The molecule has 0 bridgehead atoms. The lowest BCUT2D eigenvalue weighted by Crippen LogP contribution is -2.16. The second-order valence-electron chi connectivity index (χ2n) is 4.13. The molecule has 18 heavy (non-hydrogen) atoms. The summed E-state index contributed by atoms with van der Waals surface area (Å²) in [5, 5.41) is 3.19. The normalized spacial score (nSPS) is 10.8. The predicted molar refractivity (Wildman–Crippen MR) is 68.1 cm³/mol. The maximum Gasteiger partial charge on any atom is 0.174 e. The fourth-order valence-electron chi connectivity index (χ4n) is 1.78. The summed E-state index contributed by atoms with van der Waals surface area (Å²) >= 11 is 0. The quantitative estimate of drug-likeness (QED) is 0.825. The molecule has 0 spiro atoms. The molecule has 0 aromatic carbocycles. The molecule has 4 nitrogen and oxygen atoms in total. The standard InChI is InChI=1S/C13H17FN4/c1-3-5-15-9-11-4-6-17-13(12(11)14)18-8-7-16-10(18)2/h4,6-8,15H,3,5,9H2,1-2H3. The Labute approximate surface area is 106 Å². The Kier molecular flexibility index (Phi) is 4.04. The van der Waals surface area contributed by atoms with Gasteiger partial charge in [0.1, 0.15) is 5.82 Å². The van der Waals surface area contributed by atoms with Crippen LogP contribution in [0.4, 0.5) is 4.39 Å². The molecule has 2 rings (SSSR count). The van der Waals surface area contributed by atoms with E-state index in [0.29, 0.717) is 17.9 Å². The molecular formula is C13H17FN4. The van der Waals surface area contributed by atoms with E-state index in [2.05, 4.69) is 22.2 Å².